The number of unbranched alkanes of at least 4 members (excludes halogenated alkanes) is 1. The maximum absolute atomic E-state index is 12.6. The first-order valence-electron chi connectivity index (χ1n) is 8.89. The molecule has 1 heterocycles. The number of halogens is 2. The maximum atomic E-state index is 12.6. The molecule has 1 N–H and O–H groups in total. The number of rotatable bonds is 9. The van der Waals surface area contributed by atoms with Crippen molar-refractivity contribution in [2.24, 2.45) is 0 Å². The third-order valence-corrected chi connectivity index (χ3v) is 4.23. The van der Waals surface area contributed by atoms with E-state index in [-0.39, 0.29) is 23.5 Å². The zero-order chi connectivity index (χ0) is 20.0. The van der Waals surface area contributed by atoms with E-state index < -0.39 is 12.7 Å². The number of aliphatic hydroxyl groups is 1. The van der Waals surface area contributed by atoms with E-state index in [0.29, 0.717) is 12.2 Å². The molecule has 1 atom stereocenters. The summed E-state index contributed by atoms with van der Waals surface area (Å²) in [5, 5.41) is 10.6. The van der Waals surface area contributed by atoms with Gasteiger partial charge in [0.1, 0.15) is 0 Å². The van der Waals surface area contributed by atoms with Gasteiger partial charge in [-0.25, -0.2) is 0 Å². The average molecular weight is 381 g/mol. The third-order valence-electron chi connectivity index (χ3n) is 4.23. The molecule has 148 valence electrons. The molecule has 1 aromatic carbocycles. The molecule has 0 aliphatic rings. The van der Waals surface area contributed by atoms with Crippen molar-refractivity contribution in [2.75, 3.05) is 6.61 Å². The van der Waals surface area contributed by atoms with Crippen LogP contribution in [0.5, 0.6) is 11.5 Å². The van der Waals surface area contributed by atoms with Crippen LogP contribution < -0.4 is 14.9 Å². The van der Waals surface area contributed by atoms with Crippen LogP contribution in [0.3, 0.4) is 0 Å². The molecular weight excluding hydrogens is 356 g/mol. The van der Waals surface area contributed by atoms with E-state index in [4.69, 9.17) is 4.74 Å². The van der Waals surface area contributed by atoms with E-state index in [1.165, 1.54) is 30.3 Å². The van der Waals surface area contributed by atoms with E-state index in [0.717, 1.165) is 24.2 Å². The smallest absolute Gasteiger partial charge is 0.387 e. The predicted octanol–water partition coefficient (Wildman–Crippen LogP) is 3.98. The SMILES string of the molecule is CCCCOc1cc(C(O)Cn2c(C)cc(=O)cc2C)ccc1OC(F)F. The second-order valence-corrected chi connectivity index (χ2v) is 6.39. The highest BCUT2D eigenvalue weighted by atomic mass is 19.3. The summed E-state index contributed by atoms with van der Waals surface area (Å²) < 4.78 is 37.1. The molecule has 27 heavy (non-hydrogen) atoms. The number of aryl methyl sites for hydroxylation is 2. The Hall–Kier alpha value is -2.41. The van der Waals surface area contributed by atoms with Gasteiger partial charge in [-0.3, -0.25) is 4.79 Å². The Bertz CT molecular complexity index is 794. The van der Waals surface area contributed by atoms with Crippen LogP contribution in [0.2, 0.25) is 0 Å². The van der Waals surface area contributed by atoms with E-state index in [2.05, 4.69) is 4.74 Å². The van der Waals surface area contributed by atoms with Crippen molar-refractivity contribution in [3.8, 4) is 11.5 Å². The Morgan fingerprint density at radius 2 is 1.78 bits per heavy atom. The Labute approximate surface area is 157 Å². The van der Waals surface area contributed by atoms with Gasteiger partial charge >= 0.3 is 6.61 Å². The second-order valence-electron chi connectivity index (χ2n) is 6.39. The maximum Gasteiger partial charge on any atom is 0.387 e. The van der Waals surface area contributed by atoms with Gasteiger partial charge in [-0.15, -0.1) is 0 Å². The highest BCUT2D eigenvalue weighted by molar-refractivity contribution is 5.43. The van der Waals surface area contributed by atoms with Gasteiger partial charge in [-0.05, 0) is 38.0 Å². The number of aliphatic hydroxyl groups excluding tert-OH is 1. The molecule has 0 fully saturated rings. The lowest BCUT2D eigenvalue weighted by atomic mass is 10.1. The number of aromatic nitrogens is 1. The average Bonchev–Trinajstić information content (AvgIpc) is 2.59. The monoisotopic (exact) mass is 381 g/mol. The van der Waals surface area contributed by atoms with Crippen molar-refractivity contribution in [1.29, 1.82) is 0 Å². The molecule has 0 saturated heterocycles. The molecule has 0 radical (unpaired) electrons. The predicted molar refractivity (Wildman–Crippen MR) is 98.6 cm³/mol. The Kier molecular flexibility index (Phi) is 7.36. The zero-order valence-electron chi connectivity index (χ0n) is 15.7. The summed E-state index contributed by atoms with van der Waals surface area (Å²) >= 11 is 0. The van der Waals surface area contributed by atoms with Crippen LogP contribution in [0.25, 0.3) is 0 Å². The molecule has 0 bridgehead atoms. The lowest BCUT2D eigenvalue weighted by Gasteiger charge is -2.20. The van der Waals surface area contributed by atoms with Crippen molar-refractivity contribution >= 4 is 0 Å². The third kappa shape index (κ3) is 5.79. The van der Waals surface area contributed by atoms with Crippen LogP contribution in [-0.4, -0.2) is 22.9 Å². The van der Waals surface area contributed by atoms with Gasteiger partial charge in [0.05, 0.1) is 19.3 Å². The highest BCUT2D eigenvalue weighted by Gasteiger charge is 2.16. The Balaban J connectivity index is 2.26. The molecule has 0 saturated carbocycles. The van der Waals surface area contributed by atoms with Gasteiger partial charge in [-0.2, -0.15) is 8.78 Å². The minimum absolute atomic E-state index is 0.0622. The van der Waals surface area contributed by atoms with Crippen LogP contribution in [0, 0.1) is 13.8 Å². The number of hydrogen-bond acceptors (Lipinski definition) is 4. The summed E-state index contributed by atoms with van der Waals surface area (Å²) in [7, 11) is 0. The van der Waals surface area contributed by atoms with Gasteiger partial charge in [0, 0.05) is 23.5 Å². The number of alkyl halides is 2. The van der Waals surface area contributed by atoms with E-state index in [9.17, 15) is 18.7 Å². The van der Waals surface area contributed by atoms with Crippen LogP contribution in [0.4, 0.5) is 8.78 Å². The minimum atomic E-state index is -2.96. The fourth-order valence-electron chi connectivity index (χ4n) is 2.82. The molecule has 1 aromatic heterocycles. The molecule has 0 aliphatic heterocycles. The Morgan fingerprint density at radius 3 is 2.37 bits per heavy atom. The van der Waals surface area contributed by atoms with Gasteiger partial charge in [-0.1, -0.05) is 19.4 Å². The summed E-state index contributed by atoms with van der Waals surface area (Å²) in [6.07, 6.45) is 0.772. The quantitative estimate of drug-likeness (QED) is 0.668. The van der Waals surface area contributed by atoms with Gasteiger partial charge < -0.3 is 19.1 Å². The van der Waals surface area contributed by atoms with E-state index >= 15 is 0 Å². The normalized spacial score (nSPS) is 12.3. The van der Waals surface area contributed by atoms with E-state index in [1.54, 1.807) is 13.8 Å². The minimum Gasteiger partial charge on any atom is -0.490 e. The van der Waals surface area contributed by atoms with Gasteiger partial charge in [0.25, 0.3) is 0 Å². The number of benzene rings is 1. The van der Waals surface area contributed by atoms with Crippen LogP contribution in [-0.2, 0) is 6.54 Å². The van der Waals surface area contributed by atoms with Gasteiger partial charge in [0.2, 0.25) is 0 Å². The number of hydrogen-bond donors (Lipinski definition) is 1. The Morgan fingerprint density at radius 1 is 1.11 bits per heavy atom. The first-order chi connectivity index (χ1) is 12.8. The molecule has 7 heteroatoms. The molecule has 0 spiro atoms. The zero-order valence-corrected chi connectivity index (χ0v) is 15.7. The first-order valence-corrected chi connectivity index (χ1v) is 8.89. The summed E-state index contributed by atoms with van der Waals surface area (Å²) in [4.78, 5) is 11.5. The number of pyridine rings is 1. The summed E-state index contributed by atoms with van der Waals surface area (Å²) in [5.74, 6) is 0.112. The van der Waals surface area contributed by atoms with E-state index in [1.807, 2.05) is 11.5 Å². The van der Waals surface area contributed by atoms with Crippen LogP contribution in [0.15, 0.2) is 35.1 Å². The van der Waals surface area contributed by atoms with Crippen LogP contribution >= 0.6 is 0 Å². The van der Waals surface area contributed by atoms with Crippen molar-refractivity contribution in [1.82, 2.24) is 4.57 Å². The number of nitrogens with zero attached hydrogens (tertiary/aromatic N) is 1. The molecule has 2 aromatic rings. The van der Waals surface area contributed by atoms with Crippen molar-refractivity contribution in [3.63, 3.8) is 0 Å². The summed E-state index contributed by atoms with van der Waals surface area (Å²) in [5.41, 5.74) is 1.89. The van der Waals surface area contributed by atoms with Crippen molar-refractivity contribution < 1.29 is 23.4 Å². The molecular formula is C20H25F2NO4. The first kappa shape index (κ1) is 20.9. The lowest BCUT2D eigenvalue weighted by molar-refractivity contribution is -0.0515. The summed E-state index contributed by atoms with van der Waals surface area (Å²) in [6.45, 7) is 3.21. The molecule has 0 amide bonds. The molecule has 1 unspecified atom stereocenters. The molecule has 5 nitrogen and oxygen atoms in total. The molecule has 0 aliphatic carbocycles. The fraction of sp³-hybridized carbons (Fsp3) is 0.450. The standard InChI is InChI=1S/C20H25F2NO4/c1-4-5-8-26-19-11-15(6-7-18(19)27-20(21)22)17(25)12-23-13(2)9-16(24)10-14(23)3/h6-7,9-11,17,20,25H,4-5,8,12H2,1-3H3. The van der Waals surface area contributed by atoms with Crippen molar-refractivity contribution in [3.05, 3.63) is 57.5 Å². The number of ether oxygens (including phenoxy) is 2. The molecule has 2 rings (SSSR count). The second kappa shape index (κ2) is 9.50. The van der Waals surface area contributed by atoms with Crippen molar-refractivity contribution in [2.45, 2.75) is 52.9 Å². The van der Waals surface area contributed by atoms with Crippen LogP contribution in [0.1, 0.15) is 42.8 Å². The van der Waals surface area contributed by atoms with Gasteiger partial charge in [0.15, 0.2) is 16.9 Å². The largest absolute Gasteiger partial charge is 0.490 e. The lowest BCUT2D eigenvalue weighted by Crippen LogP contribution is -2.17. The summed E-state index contributed by atoms with van der Waals surface area (Å²) in [6, 6.07) is 7.42. The fourth-order valence-corrected chi connectivity index (χ4v) is 2.82. The highest BCUT2D eigenvalue weighted by Crippen LogP contribution is 2.32. The topological polar surface area (TPSA) is 60.7 Å².